The van der Waals surface area contributed by atoms with Crippen molar-refractivity contribution in [3.05, 3.63) is 12.6 Å². The van der Waals surface area contributed by atoms with E-state index >= 15 is 0 Å². The van der Waals surface area contributed by atoms with E-state index in [2.05, 4.69) is 20.8 Å². The Kier molecular flexibility index (Phi) is 3.22. The van der Waals surface area contributed by atoms with Crippen molar-refractivity contribution in [1.29, 1.82) is 0 Å². The standard InChI is InChI=1S/C13H22NO2/c1-13(2,3)14-9-12(15-10-14)16-11-7-5-4-6-8-11/h9-11H,4-8H2,1-3H3/q+1. The second-order valence-electron chi connectivity index (χ2n) is 5.63. The van der Waals surface area contributed by atoms with Crippen molar-refractivity contribution in [2.75, 3.05) is 0 Å². The summed E-state index contributed by atoms with van der Waals surface area (Å²) in [7, 11) is 0. The minimum atomic E-state index is 0.0532. The molecule has 1 aliphatic carbocycles. The van der Waals surface area contributed by atoms with Gasteiger partial charge in [0.2, 0.25) is 0 Å². The Morgan fingerprint density at radius 2 is 1.94 bits per heavy atom. The Morgan fingerprint density at radius 1 is 1.25 bits per heavy atom. The fraction of sp³-hybridized carbons (Fsp3) is 0.769. The third kappa shape index (κ3) is 2.77. The Hall–Kier alpha value is -0.990. The molecule has 90 valence electrons. The van der Waals surface area contributed by atoms with E-state index in [1.807, 2.05) is 10.8 Å². The Balaban J connectivity index is 1.97. The molecule has 0 aliphatic heterocycles. The molecule has 3 nitrogen and oxygen atoms in total. The monoisotopic (exact) mass is 224 g/mol. The molecule has 2 rings (SSSR count). The first-order valence-corrected chi connectivity index (χ1v) is 6.22. The van der Waals surface area contributed by atoms with Gasteiger partial charge in [0.05, 0.1) is 0 Å². The van der Waals surface area contributed by atoms with Crippen LogP contribution >= 0.6 is 0 Å². The lowest BCUT2D eigenvalue weighted by molar-refractivity contribution is -0.756. The Morgan fingerprint density at radius 3 is 2.50 bits per heavy atom. The maximum atomic E-state index is 5.84. The molecule has 0 saturated heterocycles. The van der Waals surface area contributed by atoms with Crippen molar-refractivity contribution in [3.63, 3.8) is 0 Å². The predicted octanol–water partition coefficient (Wildman–Crippen LogP) is 3.03. The molecule has 3 heteroatoms. The van der Waals surface area contributed by atoms with Gasteiger partial charge in [-0.25, -0.2) is 0 Å². The predicted molar refractivity (Wildman–Crippen MR) is 61.4 cm³/mol. The number of ether oxygens (including phenoxy) is 1. The molecule has 1 fully saturated rings. The van der Waals surface area contributed by atoms with E-state index in [1.165, 1.54) is 19.3 Å². The third-order valence-electron chi connectivity index (χ3n) is 3.14. The van der Waals surface area contributed by atoms with Crippen LogP contribution in [-0.2, 0) is 5.54 Å². The van der Waals surface area contributed by atoms with Gasteiger partial charge < -0.3 is 9.15 Å². The van der Waals surface area contributed by atoms with Gasteiger partial charge >= 0.3 is 12.3 Å². The zero-order valence-electron chi connectivity index (χ0n) is 10.5. The van der Waals surface area contributed by atoms with Gasteiger partial charge in [0.25, 0.3) is 6.20 Å². The highest BCUT2D eigenvalue weighted by molar-refractivity contribution is 4.92. The highest BCUT2D eigenvalue weighted by Crippen LogP contribution is 2.23. The van der Waals surface area contributed by atoms with Crippen molar-refractivity contribution >= 4 is 0 Å². The quantitative estimate of drug-likeness (QED) is 0.722. The molecule has 0 spiro atoms. The SMILES string of the molecule is CC(C)(C)[n+]1coc(OC2CCCCC2)c1. The molecule has 1 saturated carbocycles. The van der Waals surface area contributed by atoms with Crippen LogP contribution in [0.2, 0.25) is 0 Å². The molecule has 0 N–H and O–H groups in total. The molecule has 0 radical (unpaired) electrons. The van der Waals surface area contributed by atoms with E-state index < -0.39 is 0 Å². The van der Waals surface area contributed by atoms with Gasteiger partial charge in [-0.05, 0) is 25.7 Å². The lowest BCUT2D eigenvalue weighted by Crippen LogP contribution is -2.48. The van der Waals surface area contributed by atoms with Crippen molar-refractivity contribution < 1.29 is 13.7 Å². The second kappa shape index (κ2) is 4.48. The lowest BCUT2D eigenvalue weighted by Gasteiger charge is -2.20. The summed E-state index contributed by atoms with van der Waals surface area (Å²) in [6.45, 7) is 6.44. The van der Waals surface area contributed by atoms with E-state index in [4.69, 9.17) is 9.15 Å². The number of hydrogen-bond donors (Lipinski definition) is 0. The van der Waals surface area contributed by atoms with Crippen LogP contribution in [0.3, 0.4) is 0 Å². The van der Waals surface area contributed by atoms with Gasteiger partial charge in [-0.3, -0.25) is 0 Å². The van der Waals surface area contributed by atoms with Gasteiger partial charge in [0, 0.05) is 20.8 Å². The molecule has 0 bridgehead atoms. The number of hydrogen-bond acceptors (Lipinski definition) is 2. The van der Waals surface area contributed by atoms with Gasteiger partial charge in [0.1, 0.15) is 6.10 Å². The Labute approximate surface area is 97.4 Å². The first-order valence-electron chi connectivity index (χ1n) is 6.22. The molecule has 16 heavy (non-hydrogen) atoms. The molecule has 1 heterocycles. The summed E-state index contributed by atoms with van der Waals surface area (Å²) in [5.74, 6) is 0.654. The number of aromatic nitrogens is 1. The van der Waals surface area contributed by atoms with E-state index in [9.17, 15) is 0 Å². The summed E-state index contributed by atoms with van der Waals surface area (Å²) in [4.78, 5) is 0. The summed E-state index contributed by atoms with van der Waals surface area (Å²) >= 11 is 0. The molecule has 0 aromatic carbocycles. The zero-order chi connectivity index (χ0) is 11.6. The zero-order valence-corrected chi connectivity index (χ0v) is 10.5. The maximum absolute atomic E-state index is 5.84. The summed E-state index contributed by atoms with van der Waals surface area (Å²) in [5, 5.41) is 0. The van der Waals surface area contributed by atoms with E-state index in [0.717, 1.165) is 12.8 Å². The van der Waals surface area contributed by atoms with Crippen LogP contribution in [0, 0.1) is 0 Å². The summed E-state index contributed by atoms with van der Waals surface area (Å²) in [5.41, 5.74) is 0.0532. The number of nitrogens with zero attached hydrogens (tertiary/aromatic N) is 1. The van der Waals surface area contributed by atoms with Crippen LogP contribution in [0.1, 0.15) is 52.9 Å². The second-order valence-corrected chi connectivity index (χ2v) is 5.63. The van der Waals surface area contributed by atoms with Crippen LogP contribution in [-0.4, -0.2) is 6.10 Å². The molecular weight excluding hydrogens is 202 g/mol. The van der Waals surface area contributed by atoms with Crippen LogP contribution in [0.5, 0.6) is 5.95 Å². The molecule has 0 amide bonds. The van der Waals surface area contributed by atoms with E-state index in [1.54, 1.807) is 6.39 Å². The topological polar surface area (TPSA) is 26.2 Å². The van der Waals surface area contributed by atoms with Crippen LogP contribution < -0.4 is 9.30 Å². The van der Waals surface area contributed by atoms with Crippen LogP contribution in [0.15, 0.2) is 17.0 Å². The van der Waals surface area contributed by atoms with E-state index in [0.29, 0.717) is 12.1 Å². The van der Waals surface area contributed by atoms with Crippen LogP contribution in [0.4, 0.5) is 0 Å². The van der Waals surface area contributed by atoms with Gasteiger partial charge in [-0.1, -0.05) is 6.42 Å². The highest BCUT2D eigenvalue weighted by Gasteiger charge is 2.26. The van der Waals surface area contributed by atoms with Crippen molar-refractivity contribution in [1.82, 2.24) is 0 Å². The molecule has 1 aromatic rings. The number of rotatable bonds is 2. The number of oxazole rings is 1. The minimum Gasteiger partial charge on any atom is -0.457 e. The first kappa shape index (κ1) is 11.5. The average Bonchev–Trinajstić information content (AvgIpc) is 2.67. The normalized spacial score (nSPS) is 18.7. The van der Waals surface area contributed by atoms with Crippen molar-refractivity contribution in [2.24, 2.45) is 0 Å². The largest absolute Gasteiger partial charge is 0.457 e. The van der Waals surface area contributed by atoms with Gasteiger partial charge in [-0.2, -0.15) is 4.57 Å². The highest BCUT2D eigenvalue weighted by atomic mass is 16.6. The van der Waals surface area contributed by atoms with Gasteiger partial charge in [0.15, 0.2) is 5.54 Å². The summed E-state index contributed by atoms with van der Waals surface area (Å²) in [6, 6.07) is 0. The molecule has 1 aliphatic rings. The third-order valence-corrected chi connectivity index (χ3v) is 3.14. The van der Waals surface area contributed by atoms with Gasteiger partial charge in [-0.15, -0.1) is 0 Å². The van der Waals surface area contributed by atoms with Crippen molar-refractivity contribution in [2.45, 2.75) is 64.5 Å². The molecule has 0 atom stereocenters. The van der Waals surface area contributed by atoms with Crippen LogP contribution in [0.25, 0.3) is 0 Å². The summed E-state index contributed by atoms with van der Waals surface area (Å²) in [6.07, 6.45) is 10.3. The average molecular weight is 224 g/mol. The fourth-order valence-corrected chi connectivity index (χ4v) is 2.04. The van der Waals surface area contributed by atoms with E-state index in [-0.39, 0.29) is 5.54 Å². The molecule has 0 unspecified atom stereocenters. The molecule has 1 aromatic heterocycles. The minimum absolute atomic E-state index is 0.0532. The summed E-state index contributed by atoms with van der Waals surface area (Å²) < 4.78 is 13.3. The lowest BCUT2D eigenvalue weighted by atomic mass is 9.98. The fourth-order valence-electron chi connectivity index (χ4n) is 2.04. The van der Waals surface area contributed by atoms with Crippen molar-refractivity contribution in [3.8, 4) is 5.95 Å². The smallest absolute Gasteiger partial charge is 0.356 e. The molecular formula is C13H22NO2+. The Bertz CT molecular complexity index is 332. The first-order chi connectivity index (χ1) is 7.55. The maximum Gasteiger partial charge on any atom is 0.356 e.